The molecule has 0 radical (unpaired) electrons. The van der Waals surface area contributed by atoms with Crippen LogP contribution in [0.25, 0.3) is 0 Å². The molecular weight excluding hydrogens is 1030 g/mol. The van der Waals surface area contributed by atoms with Gasteiger partial charge in [-0.05, 0) is 147 Å². The molecule has 2 unspecified atom stereocenters. The fourth-order valence-electron chi connectivity index (χ4n) is 14.8. The van der Waals surface area contributed by atoms with Gasteiger partial charge in [0, 0.05) is 125 Å². The van der Waals surface area contributed by atoms with Gasteiger partial charge in [0.1, 0.15) is 23.0 Å². The number of aryl methyl sites for hydroxylation is 2. The predicted molar refractivity (Wildman–Crippen MR) is 331 cm³/mol. The topological polar surface area (TPSA) is 84.0 Å². The normalized spacial score (nSPS) is 19.5. The number of nitrogens with zero attached hydrogens (tertiary/aromatic N) is 4. The van der Waals surface area contributed by atoms with Crippen molar-refractivity contribution in [3.63, 3.8) is 0 Å². The van der Waals surface area contributed by atoms with E-state index in [-0.39, 0.29) is 17.4 Å². The monoisotopic (exact) mass is 1100 g/mol. The van der Waals surface area contributed by atoms with Gasteiger partial charge in [-0.2, -0.15) is 0 Å². The van der Waals surface area contributed by atoms with E-state index < -0.39 is 11.2 Å². The van der Waals surface area contributed by atoms with Crippen LogP contribution < -0.4 is 29.1 Å². The molecule has 83 heavy (non-hydrogen) atoms. The van der Waals surface area contributed by atoms with Gasteiger partial charge in [0.15, 0.2) is 11.2 Å². The third kappa shape index (κ3) is 8.24. The quantitative estimate of drug-likeness (QED) is 0.123. The second-order valence-electron chi connectivity index (χ2n) is 24.7. The molecule has 2 aliphatic carbocycles. The summed E-state index contributed by atoms with van der Waals surface area (Å²) in [6.45, 7) is 8.78. The van der Waals surface area contributed by atoms with Crippen LogP contribution in [-0.2, 0) is 26.1 Å². The van der Waals surface area contributed by atoms with Gasteiger partial charge in [-0.3, -0.25) is 0 Å². The fraction of sp³-hybridized carbons (Fsp3) is 0.315. The minimum absolute atomic E-state index is 0.332. The lowest BCUT2D eigenvalue weighted by atomic mass is 9.77. The Kier molecular flexibility index (Phi) is 12.6. The van der Waals surface area contributed by atoms with Crippen LogP contribution in [0, 0.1) is 13.8 Å². The molecule has 8 aromatic rings. The molecule has 0 aromatic heterocycles. The molecule has 0 bridgehead atoms. The number of anilines is 6. The van der Waals surface area contributed by atoms with Gasteiger partial charge in [-0.25, -0.2) is 9.59 Å². The highest BCUT2D eigenvalue weighted by Gasteiger charge is 2.55. The maximum absolute atomic E-state index is 13.9. The van der Waals surface area contributed by atoms with Gasteiger partial charge in [0.05, 0.1) is 11.1 Å². The van der Waals surface area contributed by atoms with Gasteiger partial charge in [0.25, 0.3) is 0 Å². The lowest BCUT2D eigenvalue weighted by Crippen LogP contribution is -2.35. The molecule has 14 rings (SSSR count). The van der Waals surface area contributed by atoms with Crippen molar-refractivity contribution in [3.8, 4) is 23.0 Å². The minimum Gasteiger partial charge on any atom is -0.456 e. The van der Waals surface area contributed by atoms with Gasteiger partial charge in [-0.15, -0.1) is 0 Å². The summed E-state index contributed by atoms with van der Waals surface area (Å²) in [6, 6.07) is 55.6. The maximum Gasteiger partial charge on any atom is 0.340 e. The Labute approximate surface area is 488 Å². The second-order valence-corrected chi connectivity index (χ2v) is 24.7. The Hall–Kier alpha value is -8.50. The number of ether oxygens (including phenoxy) is 4. The van der Waals surface area contributed by atoms with Crippen molar-refractivity contribution in [2.45, 2.75) is 121 Å². The van der Waals surface area contributed by atoms with Crippen LogP contribution in [0.4, 0.5) is 34.1 Å². The van der Waals surface area contributed by atoms with Crippen molar-refractivity contribution in [3.05, 3.63) is 224 Å². The van der Waals surface area contributed by atoms with Crippen molar-refractivity contribution < 1.29 is 28.5 Å². The number of rotatable bonds is 10. The molecule has 0 amide bonds. The number of hydrogen-bond acceptors (Lipinski definition) is 10. The number of carbonyl (C=O) groups excluding carboxylic acids is 2. The van der Waals surface area contributed by atoms with Gasteiger partial charge < -0.3 is 38.5 Å². The van der Waals surface area contributed by atoms with Crippen molar-refractivity contribution in [2.24, 2.45) is 0 Å². The molecule has 6 aliphatic rings. The number of carbonyl (C=O) groups is 2. The summed E-state index contributed by atoms with van der Waals surface area (Å²) in [7, 11) is 8.57. The summed E-state index contributed by atoms with van der Waals surface area (Å²) in [6.07, 6.45) is 12.3. The van der Waals surface area contributed by atoms with Crippen molar-refractivity contribution in [2.75, 3.05) is 47.8 Å². The first-order valence-corrected chi connectivity index (χ1v) is 29.9. The molecule has 420 valence electrons. The Morgan fingerprint density at radius 1 is 0.410 bits per heavy atom. The van der Waals surface area contributed by atoms with Crippen LogP contribution in [0.3, 0.4) is 0 Å². The van der Waals surface area contributed by atoms with Crippen LogP contribution in [0.15, 0.2) is 158 Å². The zero-order valence-corrected chi connectivity index (χ0v) is 49.0. The third-order valence-corrected chi connectivity index (χ3v) is 19.8. The highest BCUT2D eigenvalue weighted by atomic mass is 16.6. The first kappa shape index (κ1) is 52.6. The van der Waals surface area contributed by atoms with Gasteiger partial charge in [0.2, 0.25) is 0 Å². The lowest BCUT2D eigenvalue weighted by Gasteiger charge is -2.39. The van der Waals surface area contributed by atoms with E-state index in [0.29, 0.717) is 46.2 Å². The molecule has 4 aliphatic heterocycles. The first-order chi connectivity index (χ1) is 40.1. The summed E-state index contributed by atoms with van der Waals surface area (Å²) in [5.74, 6) is 2.11. The van der Waals surface area contributed by atoms with E-state index in [0.717, 1.165) is 78.6 Å². The van der Waals surface area contributed by atoms with E-state index >= 15 is 0 Å². The van der Waals surface area contributed by atoms with E-state index in [1.165, 1.54) is 75.3 Å². The molecule has 0 N–H and O–H groups in total. The Morgan fingerprint density at radius 3 is 1.17 bits per heavy atom. The molecule has 0 saturated heterocycles. The number of esters is 2. The van der Waals surface area contributed by atoms with Gasteiger partial charge in [-0.1, -0.05) is 113 Å². The van der Waals surface area contributed by atoms with Gasteiger partial charge >= 0.3 is 11.9 Å². The van der Waals surface area contributed by atoms with Crippen LogP contribution >= 0.6 is 0 Å². The minimum atomic E-state index is -1.18. The highest BCUT2D eigenvalue weighted by molar-refractivity contribution is 5.98. The van der Waals surface area contributed by atoms with Crippen molar-refractivity contribution in [1.29, 1.82) is 0 Å². The van der Waals surface area contributed by atoms with Crippen molar-refractivity contribution in [1.82, 2.24) is 0 Å². The smallest absolute Gasteiger partial charge is 0.340 e. The first-order valence-electron chi connectivity index (χ1n) is 29.9. The highest BCUT2D eigenvalue weighted by Crippen LogP contribution is 2.60. The summed E-state index contributed by atoms with van der Waals surface area (Å²) in [4.78, 5) is 37.0. The molecule has 2 saturated carbocycles. The Morgan fingerprint density at radius 2 is 0.771 bits per heavy atom. The number of benzene rings is 8. The molecule has 2 atom stereocenters. The van der Waals surface area contributed by atoms with E-state index in [1.54, 1.807) is 0 Å². The van der Waals surface area contributed by atoms with Crippen molar-refractivity contribution >= 4 is 46.1 Å². The standard InChI is InChI=1S/C73H72N4O6/c1-45-39-65-61(72(57-25-17-15-23-55(57)69(78)82-72)59-37-35-53(41-67(59)80-65)74(5)49-19-11-9-12-20-49)43-63(45)76(7)51-31-27-47(28-32-51)71(3,4)48-29-33-52(34-30-48)77(8)64-44-62-66(40-46(64)2)81-68-42-54(75(6)50-21-13-10-14-22-50)36-38-60(68)73(62)58-26-18-16-24-56(58)70(79)83-73/h15-18,23-44,49-50H,9-14,19-22H2,1-8H3. The molecule has 10 heteroatoms. The molecule has 4 heterocycles. The summed E-state index contributed by atoms with van der Waals surface area (Å²) in [5, 5.41) is 0. The number of hydrogen-bond donors (Lipinski definition) is 0. The Bertz CT molecular complexity index is 3660. The molecular formula is C73H72N4O6. The van der Waals surface area contributed by atoms with E-state index in [4.69, 9.17) is 18.9 Å². The molecule has 2 spiro atoms. The van der Waals surface area contributed by atoms with Crippen LogP contribution in [0.5, 0.6) is 23.0 Å². The molecule has 8 aromatic carbocycles. The maximum atomic E-state index is 13.9. The number of fused-ring (bicyclic) bond motifs is 12. The lowest BCUT2D eigenvalue weighted by molar-refractivity contribution is 0.0214. The fourth-order valence-corrected chi connectivity index (χ4v) is 14.8. The Balaban J connectivity index is 0.737. The molecule has 10 nitrogen and oxygen atoms in total. The van der Waals surface area contributed by atoms with E-state index in [2.05, 4.69) is 185 Å². The summed E-state index contributed by atoms with van der Waals surface area (Å²) in [5.41, 5.74) is 14.0. The van der Waals surface area contributed by atoms with Crippen LogP contribution in [-0.4, -0.2) is 52.2 Å². The molecule has 2 fully saturated rings. The second kappa shape index (κ2) is 19.9. The SMILES string of the molecule is Cc1cc2c(cc1N(C)c1ccc(C(C)(C)c3ccc(N(C)c4cc5c(cc4C)Oc4cc(N(C)C6CCCCC6)ccc4C54OC(=O)c5ccccc54)cc3)cc1)C1(OC(=O)c3ccccc31)c1ccc(N(C)C3CCCCC3)cc1O2. The third-order valence-electron chi connectivity index (χ3n) is 19.8. The summed E-state index contributed by atoms with van der Waals surface area (Å²) < 4.78 is 27.1. The zero-order valence-electron chi connectivity index (χ0n) is 49.0. The average molecular weight is 1100 g/mol. The summed E-state index contributed by atoms with van der Waals surface area (Å²) >= 11 is 0. The predicted octanol–water partition coefficient (Wildman–Crippen LogP) is 16.8. The van der Waals surface area contributed by atoms with Crippen LogP contribution in [0.2, 0.25) is 0 Å². The van der Waals surface area contributed by atoms with E-state index in [1.807, 2.05) is 48.5 Å². The van der Waals surface area contributed by atoms with E-state index in [9.17, 15) is 9.59 Å². The average Bonchev–Trinajstić information content (AvgIpc) is 1.92. The van der Waals surface area contributed by atoms with Crippen LogP contribution in [0.1, 0.15) is 154 Å². The largest absolute Gasteiger partial charge is 0.456 e. The zero-order chi connectivity index (χ0) is 57.1.